The summed E-state index contributed by atoms with van der Waals surface area (Å²) < 4.78 is 16.3. The van der Waals surface area contributed by atoms with Crippen molar-refractivity contribution in [2.45, 2.75) is 20.8 Å². The maximum atomic E-state index is 5.44. The Morgan fingerprint density at radius 1 is 1.08 bits per heavy atom. The van der Waals surface area contributed by atoms with Crippen LogP contribution in [0.2, 0.25) is 0 Å². The van der Waals surface area contributed by atoms with Crippen molar-refractivity contribution in [2.75, 3.05) is 19.8 Å². The first-order valence-electron chi connectivity index (χ1n) is 4.30. The smallest absolute Gasteiger partial charge is 1.00 e. The molecule has 3 nitrogen and oxygen atoms in total. The minimum absolute atomic E-state index is 0. The van der Waals surface area contributed by atoms with Crippen LogP contribution in [0.25, 0.3) is 0 Å². The summed E-state index contributed by atoms with van der Waals surface area (Å²) in [6.45, 7) is 11.2. The van der Waals surface area contributed by atoms with Crippen LogP contribution in [0.5, 0.6) is 0 Å². The fourth-order valence-corrected chi connectivity index (χ4v) is 2.72. The molecule has 0 rings (SSSR count). The van der Waals surface area contributed by atoms with Crippen LogP contribution in [0, 0.1) is 0 Å². The summed E-state index contributed by atoms with van der Waals surface area (Å²) in [7, 11) is -2.51. The molecule has 0 saturated heterocycles. The van der Waals surface area contributed by atoms with Crippen LogP contribution in [0.3, 0.4) is 0 Å². The van der Waals surface area contributed by atoms with Crippen molar-refractivity contribution in [2.24, 2.45) is 0 Å². The molecule has 0 amide bonds. The molecule has 74 valence electrons. The van der Waals surface area contributed by atoms with Gasteiger partial charge in [-0.2, -0.15) is 0 Å². The molecule has 0 aromatic rings. The van der Waals surface area contributed by atoms with Crippen molar-refractivity contribution in [3.8, 4) is 0 Å². The maximum Gasteiger partial charge on any atom is 1.00 e. The standard InChI is InChI=1S/C8H18O3Si.Na.H/c1-5-9-12(8-4,10-6-2)11-7-3;;/h8H,4-7H2,1-3H3;;/q;+1;-1. The van der Waals surface area contributed by atoms with Crippen LogP contribution in [0.15, 0.2) is 12.3 Å². The zero-order valence-electron chi connectivity index (χ0n) is 10.1. The molecule has 0 heterocycles. The third-order valence-electron chi connectivity index (χ3n) is 1.29. The van der Waals surface area contributed by atoms with E-state index in [0.717, 1.165) is 0 Å². The minimum atomic E-state index is -2.51. The Morgan fingerprint density at radius 2 is 1.38 bits per heavy atom. The van der Waals surface area contributed by atoms with E-state index in [0.29, 0.717) is 19.8 Å². The minimum Gasteiger partial charge on any atom is -1.00 e. The Bertz CT molecular complexity index is 121. The van der Waals surface area contributed by atoms with Crippen molar-refractivity contribution in [3.05, 3.63) is 12.3 Å². The topological polar surface area (TPSA) is 27.7 Å². The maximum absolute atomic E-state index is 5.44. The Balaban J connectivity index is -0.000000605. The molecule has 0 spiro atoms. The Hall–Kier alpha value is 0.837. The van der Waals surface area contributed by atoms with Gasteiger partial charge in [0.05, 0.1) is 0 Å². The van der Waals surface area contributed by atoms with Gasteiger partial charge in [-0.1, -0.05) is 6.58 Å². The Labute approximate surface area is 106 Å². The second kappa shape index (κ2) is 9.39. The largest absolute Gasteiger partial charge is 1.00 e. The second-order valence-electron chi connectivity index (χ2n) is 2.11. The molecule has 0 fully saturated rings. The fourth-order valence-electron chi connectivity index (χ4n) is 0.905. The van der Waals surface area contributed by atoms with E-state index in [4.69, 9.17) is 13.3 Å². The van der Waals surface area contributed by atoms with Crippen molar-refractivity contribution >= 4 is 8.80 Å². The van der Waals surface area contributed by atoms with Gasteiger partial charge in [0.2, 0.25) is 0 Å². The molecular formula is C8H19NaO3Si. The molecule has 0 aromatic heterocycles. The molecule has 0 aliphatic heterocycles. The van der Waals surface area contributed by atoms with E-state index in [2.05, 4.69) is 6.58 Å². The van der Waals surface area contributed by atoms with Gasteiger partial charge >= 0.3 is 38.4 Å². The van der Waals surface area contributed by atoms with E-state index < -0.39 is 8.80 Å². The van der Waals surface area contributed by atoms with E-state index in [9.17, 15) is 0 Å². The SMILES string of the molecule is C=C[Si](OCC)(OCC)OCC.[H-].[Na+]. The van der Waals surface area contributed by atoms with Crippen molar-refractivity contribution in [3.63, 3.8) is 0 Å². The van der Waals surface area contributed by atoms with Crippen molar-refractivity contribution < 1.29 is 44.3 Å². The summed E-state index contributed by atoms with van der Waals surface area (Å²) in [5.41, 5.74) is 1.67. The molecular weight excluding hydrogens is 195 g/mol. The zero-order chi connectivity index (χ0) is 9.45. The summed E-state index contributed by atoms with van der Waals surface area (Å²) in [6, 6.07) is 0. The normalized spacial score (nSPS) is 10.7. The van der Waals surface area contributed by atoms with Gasteiger partial charge < -0.3 is 14.7 Å². The van der Waals surface area contributed by atoms with Crippen LogP contribution in [-0.2, 0) is 13.3 Å². The van der Waals surface area contributed by atoms with Crippen LogP contribution in [-0.4, -0.2) is 28.6 Å². The third-order valence-corrected chi connectivity index (χ3v) is 3.86. The number of hydrogen-bond acceptors (Lipinski definition) is 3. The van der Waals surface area contributed by atoms with E-state index in [1.54, 1.807) is 5.70 Å². The molecule has 0 aliphatic carbocycles. The monoisotopic (exact) mass is 214 g/mol. The molecule has 0 radical (unpaired) electrons. The van der Waals surface area contributed by atoms with Crippen LogP contribution >= 0.6 is 0 Å². The van der Waals surface area contributed by atoms with Gasteiger partial charge in [0.25, 0.3) is 0 Å². The predicted octanol–water partition coefficient (Wildman–Crippen LogP) is -1.12. The summed E-state index contributed by atoms with van der Waals surface area (Å²) in [5, 5.41) is 0. The summed E-state index contributed by atoms with van der Waals surface area (Å²) in [6.07, 6.45) is 0. The van der Waals surface area contributed by atoms with Gasteiger partial charge in [0, 0.05) is 19.8 Å². The molecule has 13 heavy (non-hydrogen) atoms. The van der Waals surface area contributed by atoms with Gasteiger partial charge in [0.15, 0.2) is 0 Å². The van der Waals surface area contributed by atoms with Gasteiger partial charge in [-0.05, 0) is 26.5 Å². The Morgan fingerprint density at radius 3 is 1.54 bits per heavy atom. The molecule has 0 saturated carbocycles. The quantitative estimate of drug-likeness (QED) is 0.502. The zero-order valence-corrected chi connectivity index (χ0v) is 12.1. The van der Waals surface area contributed by atoms with Crippen molar-refractivity contribution in [1.29, 1.82) is 0 Å². The van der Waals surface area contributed by atoms with Gasteiger partial charge in [-0.3, -0.25) is 0 Å². The van der Waals surface area contributed by atoms with Gasteiger partial charge in [-0.15, -0.1) is 0 Å². The molecule has 0 bridgehead atoms. The average Bonchev–Trinajstić information content (AvgIpc) is 2.06. The summed E-state index contributed by atoms with van der Waals surface area (Å²) in [5.74, 6) is 0. The van der Waals surface area contributed by atoms with E-state index >= 15 is 0 Å². The molecule has 0 aromatic carbocycles. The van der Waals surface area contributed by atoms with E-state index in [1.807, 2.05) is 20.8 Å². The summed E-state index contributed by atoms with van der Waals surface area (Å²) >= 11 is 0. The van der Waals surface area contributed by atoms with E-state index in [-0.39, 0.29) is 31.0 Å². The molecule has 0 unspecified atom stereocenters. The van der Waals surface area contributed by atoms with Gasteiger partial charge in [-0.25, -0.2) is 0 Å². The molecule has 0 N–H and O–H groups in total. The first-order chi connectivity index (χ1) is 5.74. The first-order valence-corrected chi connectivity index (χ1v) is 6.10. The number of hydrogen-bond donors (Lipinski definition) is 0. The predicted molar refractivity (Wildman–Crippen MR) is 51.9 cm³/mol. The summed E-state index contributed by atoms with van der Waals surface area (Å²) in [4.78, 5) is 0. The first kappa shape index (κ1) is 16.3. The fraction of sp³-hybridized carbons (Fsp3) is 0.750. The molecule has 5 heteroatoms. The average molecular weight is 214 g/mol. The van der Waals surface area contributed by atoms with Gasteiger partial charge in [0.1, 0.15) is 0 Å². The van der Waals surface area contributed by atoms with Crippen LogP contribution in [0.1, 0.15) is 22.2 Å². The Kier molecular flexibility index (Phi) is 11.8. The third kappa shape index (κ3) is 6.01. The van der Waals surface area contributed by atoms with Crippen molar-refractivity contribution in [1.82, 2.24) is 0 Å². The van der Waals surface area contributed by atoms with Crippen LogP contribution < -0.4 is 29.6 Å². The molecule has 0 atom stereocenters. The second-order valence-corrected chi connectivity index (χ2v) is 4.59. The van der Waals surface area contributed by atoms with Crippen LogP contribution in [0.4, 0.5) is 0 Å². The number of rotatable bonds is 7. The molecule has 0 aliphatic rings. The van der Waals surface area contributed by atoms with E-state index in [1.165, 1.54) is 0 Å².